The van der Waals surface area contributed by atoms with Gasteiger partial charge in [0.15, 0.2) is 4.38 Å². The van der Waals surface area contributed by atoms with E-state index in [1.807, 2.05) is 48.5 Å². The van der Waals surface area contributed by atoms with Gasteiger partial charge in [-0.15, -0.1) is 0 Å². The van der Waals surface area contributed by atoms with Gasteiger partial charge in [-0.05, 0) is 24.3 Å². The number of hydrazone groups is 1. The highest BCUT2D eigenvalue weighted by molar-refractivity contribution is 8.39. The van der Waals surface area contributed by atoms with E-state index in [1.165, 1.54) is 11.8 Å². The second-order valence-corrected chi connectivity index (χ2v) is 6.78. The molecule has 1 aliphatic heterocycles. The van der Waals surface area contributed by atoms with E-state index in [0.29, 0.717) is 5.75 Å². The molecule has 1 aliphatic rings. The van der Waals surface area contributed by atoms with Gasteiger partial charge in [-0.3, -0.25) is 15.2 Å². The summed E-state index contributed by atoms with van der Waals surface area (Å²) < 4.78 is 0.846. The first-order chi connectivity index (χ1) is 10.8. The highest BCUT2D eigenvalue weighted by atomic mass is 32.2. The maximum atomic E-state index is 11.9. The van der Waals surface area contributed by atoms with E-state index in [4.69, 9.17) is 0 Å². The van der Waals surface area contributed by atoms with Gasteiger partial charge in [-0.25, -0.2) is 0 Å². The number of aromatic nitrogens is 1. The van der Waals surface area contributed by atoms with Crippen molar-refractivity contribution in [3.05, 3.63) is 60.4 Å². The number of para-hydroxylation sites is 1. The molecule has 112 valence electrons. The molecule has 2 N–H and O–H groups in total. The number of benzene rings is 1. The number of nitrogens with zero attached hydrogens (tertiary/aromatic N) is 2. The van der Waals surface area contributed by atoms with Gasteiger partial charge in [0.05, 0.1) is 11.4 Å². The van der Waals surface area contributed by atoms with E-state index in [1.54, 1.807) is 18.0 Å². The summed E-state index contributed by atoms with van der Waals surface area (Å²) in [5.74, 6) is 0.290. The Hall–Kier alpha value is -1.99. The predicted octanol–water partition coefficient (Wildman–Crippen LogP) is 3.06. The van der Waals surface area contributed by atoms with Crippen LogP contribution in [0.3, 0.4) is 0 Å². The third-order valence-electron chi connectivity index (χ3n) is 2.83. The van der Waals surface area contributed by atoms with Gasteiger partial charge >= 0.3 is 0 Å². The zero-order valence-corrected chi connectivity index (χ0v) is 13.2. The third kappa shape index (κ3) is 4.02. The van der Waals surface area contributed by atoms with Crippen LogP contribution in [0.2, 0.25) is 0 Å². The number of amides is 1. The molecule has 3 rings (SSSR count). The van der Waals surface area contributed by atoms with E-state index in [2.05, 4.69) is 20.8 Å². The monoisotopic (exact) mass is 330 g/mol. The fraction of sp³-hybridized carbons (Fsp3) is 0.133. The van der Waals surface area contributed by atoms with Crippen molar-refractivity contribution in [3.8, 4) is 0 Å². The zero-order chi connectivity index (χ0) is 15.2. The van der Waals surface area contributed by atoms with Gasteiger partial charge < -0.3 is 5.32 Å². The van der Waals surface area contributed by atoms with Gasteiger partial charge in [0, 0.05) is 11.9 Å². The summed E-state index contributed by atoms with van der Waals surface area (Å²) in [5, 5.41) is 7.11. The first-order valence-corrected chi connectivity index (χ1v) is 8.56. The lowest BCUT2D eigenvalue weighted by atomic mass is 10.3. The van der Waals surface area contributed by atoms with Crippen molar-refractivity contribution in [1.82, 2.24) is 10.4 Å². The Kier molecular flexibility index (Phi) is 4.97. The van der Waals surface area contributed by atoms with Gasteiger partial charge in [0.2, 0.25) is 5.91 Å². The molecule has 0 aliphatic carbocycles. The SMILES string of the molecule is O=C(CSC1=NN[C@H](c2ccccn2)S1)Nc1ccccc1. The van der Waals surface area contributed by atoms with E-state index < -0.39 is 0 Å². The molecule has 5 nitrogen and oxygen atoms in total. The van der Waals surface area contributed by atoms with Gasteiger partial charge in [0.1, 0.15) is 5.37 Å². The molecule has 0 spiro atoms. The van der Waals surface area contributed by atoms with Crippen LogP contribution < -0.4 is 10.7 Å². The van der Waals surface area contributed by atoms with Crippen LogP contribution in [0.1, 0.15) is 11.1 Å². The largest absolute Gasteiger partial charge is 0.325 e. The molecule has 1 aromatic carbocycles. The molecule has 0 radical (unpaired) electrons. The van der Waals surface area contributed by atoms with Crippen LogP contribution in [-0.4, -0.2) is 21.0 Å². The standard InChI is InChI=1S/C15H14N4OS2/c20-13(17-11-6-2-1-3-7-11)10-21-15-19-18-14(22-15)12-8-4-5-9-16-12/h1-9,14,18H,10H2,(H,17,20)/t14-/m0/s1. The van der Waals surface area contributed by atoms with Crippen molar-refractivity contribution in [3.63, 3.8) is 0 Å². The maximum absolute atomic E-state index is 11.9. The number of anilines is 1. The van der Waals surface area contributed by atoms with Gasteiger partial charge in [-0.1, -0.05) is 47.8 Å². The minimum atomic E-state index is -0.0409. The predicted molar refractivity (Wildman–Crippen MR) is 92.7 cm³/mol. The Bertz CT molecular complexity index is 664. The molecule has 0 bridgehead atoms. The first kappa shape index (κ1) is 14.9. The quantitative estimate of drug-likeness (QED) is 0.902. The summed E-state index contributed by atoms with van der Waals surface area (Å²) in [6.07, 6.45) is 1.76. The summed E-state index contributed by atoms with van der Waals surface area (Å²) in [4.78, 5) is 16.2. The number of nitrogens with one attached hydrogen (secondary N) is 2. The Morgan fingerprint density at radius 1 is 1.23 bits per heavy atom. The highest BCUT2D eigenvalue weighted by Crippen LogP contribution is 2.34. The number of pyridine rings is 1. The molecule has 0 saturated heterocycles. The lowest BCUT2D eigenvalue weighted by molar-refractivity contribution is -0.113. The minimum Gasteiger partial charge on any atom is -0.325 e. The van der Waals surface area contributed by atoms with Crippen molar-refractivity contribution >= 4 is 39.5 Å². The Labute approximate surface area is 137 Å². The lowest BCUT2D eigenvalue weighted by Crippen LogP contribution is -2.14. The Morgan fingerprint density at radius 3 is 2.82 bits per heavy atom. The van der Waals surface area contributed by atoms with Gasteiger partial charge in [-0.2, -0.15) is 5.10 Å². The van der Waals surface area contributed by atoms with Crippen LogP contribution in [0.4, 0.5) is 5.69 Å². The van der Waals surface area contributed by atoms with Crippen molar-refractivity contribution in [2.75, 3.05) is 11.1 Å². The number of hydrogen-bond donors (Lipinski definition) is 2. The van der Waals surface area contributed by atoms with E-state index >= 15 is 0 Å². The number of carbonyl (C=O) groups excluding carboxylic acids is 1. The fourth-order valence-electron chi connectivity index (χ4n) is 1.83. The molecular formula is C15H14N4OS2. The number of hydrogen-bond acceptors (Lipinski definition) is 6. The number of carbonyl (C=O) groups is 1. The molecule has 0 saturated carbocycles. The number of thioether (sulfide) groups is 2. The molecule has 7 heteroatoms. The molecule has 0 unspecified atom stereocenters. The first-order valence-electron chi connectivity index (χ1n) is 6.70. The molecule has 22 heavy (non-hydrogen) atoms. The zero-order valence-electron chi connectivity index (χ0n) is 11.6. The van der Waals surface area contributed by atoms with Crippen LogP contribution >= 0.6 is 23.5 Å². The molecule has 2 heterocycles. The summed E-state index contributed by atoms with van der Waals surface area (Å²) in [6.45, 7) is 0. The molecule has 2 aromatic rings. The molecule has 0 fully saturated rings. The van der Waals surface area contributed by atoms with Crippen molar-refractivity contribution in [2.24, 2.45) is 5.10 Å². The average Bonchev–Trinajstić information content (AvgIpc) is 3.04. The van der Waals surface area contributed by atoms with Crippen LogP contribution in [0.15, 0.2) is 59.8 Å². The molecule has 1 atom stereocenters. The average molecular weight is 330 g/mol. The van der Waals surface area contributed by atoms with Crippen molar-refractivity contribution < 1.29 is 4.79 Å². The van der Waals surface area contributed by atoms with Crippen LogP contribution in [0, 0.1) is 0 Å². The fourth-order valence-corrected chi connectivity index (χ4v) is 3.69. The number of rotatable bonds is 4. The van der Waals surface area contributed by atoms with Crippen LogP contribution in [-0.2, 0) is 4.79 Å². The smallest absolute Gasteiger partial charge is 0.234 e. The topological polar surface area (TPSA) is 66.4 Å². The van der Waals surface area contributed by atoms with E-state index in [-0.39, 0.29) is 11.3 Å². The minimum absolute atomic E-state index is 0.0147. The maximum Gasteiger partial charge on any atom is 0.234 e. The van der Waals surface area contributed by atoms with Crippen molar-refractivity contribution in [1.29, 1.82) is 0 Å². The summed E-state index contributed by atoms with van der Waals surface area (Å²) in [7, 11) is 0. The normalized spacial score (nSPS) is 16.7. The van der Waals surface area contributed by atoms with E-state index in [9.17, 15) is 4.79 Å². The van der Waals surface area contributed by atoms with E-state index in [0.717, 1.165) is 15.8 Å². The Morgan fingerprint density at radius 2 is 2.05 bits per heavy atom. The second-order valence-electron chi connectivity index (χ2n) is 4.46. The molecule has 1 aromatic heterocycles. The Balaban J connectivity index is 1.46. The summed E-state index contributed by atoms with van der Waals surface area (Å²) in [6, 6.07) is 15.2. The van der Waals surface area contributed by atoms with Crippen LogP contribution in [0.5, 0.6) is 0 Å². The lowest BCUT2D eigenvalue weighted by Gasteiger charge is -2.07. The van der Waals surface area contributed by atoms with Gasteiger partial charge in [0.25, 0.3) is 0 Å². The second kappa shape index (κ2) is 7.33. The third-order valence-corrected chi connectivity index (χ3v) is 5.09. The molecule has 1 amide bonds. The van der Waals surface area contributed by atoms with Crippen LogP contribution in [0.25, 0.3) is 0 Å². The summed E-state index contributed by atoms with van der Waals surface area (Å²) >= 11 is 2.99. The summed E-state index contributed by atoms with van der Waals surface area (Å²) in [5.41, 5.74) is 4.77. The van der Waals surface area contributed by atoms with Crippen molar-refractivity contribution in [2.45, 2.75) is 5.37 Å². The molecular weight excluding hydrogens is 316 g/mol. The highest BCUT2D eigenvalue weighted by Gasteiger charge is 2.22.